The number of anilines is 3. The molecule has 3 heteroatoms. The average Bonchev–Trinajstić information content (AvgIpc) is 4.27. The van der Waals surface area contributed by atoms with Gasteiger partial charge in [0.2, 0.25) is 0 Å². The van der Waals surface area contributed by atoms with E-state index < -0.39 is 10.8 Å². The highest BCUT2D eigenvalue weighted by Crippen LogP contribution is 2.65. The summed E-state index contributed by atoms with van der Waals surface area (Å²) in [4.78, 5) is 2.33. The van der Waals surface area contributed by atoms with Crippen LogP contribution in [0.5, 0.6) is 23.0 Å². The summed E-state index contributed by atoms with van der Waals surface area (Å²) in [6, 6.07) is 104. The maximum Gasteiger partial charge on any atom is 0.172 e. The highest BCUT2D eigenvalue weighted by Gasteiger charge is 2.52. The highest BCUT2D eigenvalue weighted by molar-refractivity contribution is 5.98. The molecule has 0 unspecified atom stereocenters. The van der Waals surface area contributed by atoms with Gasteiger partial charge in [-0.25, -0.2) is 0 Å². The van der Waals surface area contributed by atoms with Crippen molar-refractivity contribution in [1.29, 1.82) is 0 Å². The van der Waals surface area contributed by atoms with Crippen molar-refractivity contribution >= 4 is 17.1 Å². The molecule has 1 heterocycles. The fourth-order valence-corrected chi connectivity index (χ4v) is 13.7. The van der Waals surface area contributed by atoms with Crippen LogP contribution in [0.25, 0.3) is 55.6 Å². The first kappa shape index (κ1) is 43.4. The molecule has 77 heavy (non-hydrogen) atoms. The van der Waals surface area contributed by atoms with Crippen molar-refractivity contribution in [3.63, 3.8) is 0 Å². The van der Waals surface area contributed by atoms with Crippen molar-refractivity contribution in [2.75, 3.05) is 4.90 Å². The lowest BCUT2D eigenvalue weighted by molar-refractivity contribution is 0.359. The molecule has 1 aliphatic heterocycles. The largest absolute Gasteiger partial charge is 0.449 e. The molecule has 0 aromatic heterocycles. The number of rotatable bonds is 7. The maximum atomic E-state index is 7.11. The minimum atomic E-state index is -0.498. The van der Waals surface area contributed by atoms with Gasteiger partial charge in [-0.15, -0.1) is 0 Å². The van der Waals surface area contributed by atoms with Gasteiger partial charge in [-0.1, -0.05) is 231 Å². The fourth-order valence-electron chi connectivity index (χ4n) is 13.7. The average molecular weight is 982 g/mol. The Morgan fingerprint density at radius 3 is 1.34 bits per heavy atom. The second kappa shape index (κ2) is 16.8. The topological polar surface area (TPSA) is 21.7 Å². The van der Waals surface area contributed by atoms with E-state index in [1.807, 2.05) is 0 Å². The van der Waals surface area contributed by atoms with Crippen molar-refractivity contribution < 1.29 is 9.47 Å². The number of ether oxygens (including phenoxy) is 2. The molecule has 4 aliphatic rings. The van der Waals surface area contributed by atoms with E-state index in [2.05, 4.69) is 290 Å². The third-order valence-electron chi connectivity index (χ3n) is 16.8. The first-order valence-corrected chi connectivity index (χ1v) is 26.6. The van der Waals surface area contributed by atoms with Crippen LogP contribution in [0.2, 0.25) is 0 Å². The quantitative estimate of drug-likeness (QED) is 0.159. The summed E-state index contributed by atoms with van der Waals surface area (Å²) >= 11 is 0. The molecule has 3 aliphatic carbocycles. The van der Waals surface area contributed by atoms with Gasteiger partial charge in [0.1, 0.15) is 0 Å². The number of nitrogens with zero attached hydrogens (tertiary/aromatic N) is 1. The van der Waals surface area contributed by atoms with Crippen molar-refractivity contribution in [3.8, 4) is 78.6 Å². The Labute approximate surface area is 448 Å². The summed E-state index contributed by atoms with van der Waals surface area (Å²) in [7, 11) is 0. The molecule has 0 amide bonds. The predicted molar refractivity (Wildman–Crippen MR) is 312 cm³/mol. The summed E-state index contributed by atoms with van der Waals surface area (Å²) in [6.45, 7) is 0. The van der Waals surface area contributed by atoms with Crippen LogP contribution < -0.4 is 14.4 Å². The summed E-state index contributed by atoms with van der Waals surface area (Å²) in [5, 5.41) is 0. The lowest BCUT2D eigenvalue weighted by atomic mass is 9.67. The van der Waals surface area contributed by atoms with E-state index in [-0.39, 0.29) is 0 Å². The van der Waals surface area contributed by atoms with E-state index in [1.165, 1.54) is 83.5 Å². The van der Waals surface area contributed by atoms with Gasteiger partial charge in [-0.3, -0.25) is 0 Å². The smallest absolute Gasteiger partial charge is 0.172 e. The van der Waals surface area contributed by atoms with Crippen LogP contribution in [0.3, 0.4) is 0 Å². The van der Waals surface area contributed by atoms with Crippen molar-refractivity contribution in [1.82, 2.24) is 0 Å². The number of benzene rings is 12. The van der Waals surface area contributed by atoms with Crippen molar-refractivity contribution in [2.24, 2.45) is 0 Å². The minimum Gasteiger partial charge on any atom is -0.449 e. The van der Waals surface area contributed by atoms with Gasteiger partial charge in [0.25, 0.3) is 0 Å². The summed E-state index contributed by atoms with van der Waals surface area (Å²) in [5.74, 6) is 2.74. The Bertz CT molecular complexity index is 4250. The van der Waals surface area contributed by atoms with Crippen LogP contribution in [0.4, 0.5) is 17.1 Å². The fraction of sp³-hybridized carbons (Fsp3) is 0.0270. The zero-order chi connectivity index (χ0) is 50.7. The van der Waals surface area contributed by atoms with Gasteiger partial charge in [-0.05, 0) is 149 Å². The Hall–Kier alpha value is -9.96. The first-order chi connectivity index (χ1) is 38.2. The molecule has 3 nitrogen and oxygen atoms in total. The third kappa shape index (κ3) is 6.20. The number of hydrogen-bond acceptors (Lipinski definition) is 3. The molecule has 1 spiro atoms. The van der Waals surface area contributed by atoms with Crippen LogP contribution in [0.1, 0.15) is 44.5 Å². The van der Waals surface area contributed by atoms with Crippen LogP contribution in [0.15, 0.2) is 285 Å². The molecular formula is C74H47NO2. The lowest BCUT2D eigenvalue weighted by Crippen LogP contribution is -2.28. The molecule has 360 valence electrons. The van der Waals surface area contributed by atoms with Gasteiger partial charge >= 0.3 is 0 Å². The monoisotopic (exact) mass is 981 g/mol. The molecule has 12 aromatic rings. The maximum absolute atomic E-state index is 7.11. The zero-order valence-corrected chi connectivity index (χ0v) is 41.9. The number of hydrogen-bond donors (Lipinski definition) is 0. The molecule has 0 fully saturated rings. The zero-order valence-electron chi connectivity index (χ0n) is 41.9. The highest BCUT2D eigenvalue weighted by atomic mass is 16.6. The second-order valence-electron chi connectivity index (χ2n) is 20.6. The predicted octanol–water partition coefficient (Wildman–Crippen LogP) is 19.1. The van der Waals surface area contributed by atoms with E-state index in [0.717, 1.165) is 33.8 Å². The van der Waals surface area contributed by atoms with Crippen LogP contribution in [-0.2, 0) is 10.8 Å². The summed E-state index contributed by atoms with van der Waals surface area (Å²) in [6.07, 6.45) is 0. The normalized spacial score (nSPS) is 13.9. The van der Waals surface area contributed by atoms with Crippen LogP contribution in [0, 0.1) is 0 Å². The molecule has 0 saturated carbocycles. The third-order valence-corrected chi connectivity index (χ3v) is 16.8. The molecular weight excluding hydrogens is 935 g/mol. The Kier molecular flexibility index (Phi) is 9.47. The van der Waals surface area contributed by atoms with Gasteiger partial charge in [0.05, 0.1) is 16.5 Å². The molecule has 0 bridgehead atoms. The molecule has 0 radical (unpaired) electrons. The van der Waals surface area contributed by atoms with E-state index in [1.54, 1.807) is 0 Å². The van der Waals surface area contributed by atoms with E-state index in [9.17, 15) is 0 Å². The van der Waals surface area contributed by atoms with Crippen molar-refractivity contribution in [3.05, 3.63) is 330 Å². The molecule has 0 atom stereocenters. The van der Waals surface area contributed by atoms with E-state index >= 15 is 0 Å². The summed E-state index contributed by atoms with van der Waals surface area (Å²) in [5.41, 5.74) is 24.3. The molecule has 0 N–H and O–H groups in total. The summed E-state index contributed by atoms with van der Waals surface area (Å²) < 4.78 is 14.0. The molecule has 16 rings (SSSR count). The number of fused-ring (bicyclic) bond motifs is 15. The van der Waals surface area contributed by atoms with Crippen LogP contribution in [-0.4, -0.2) is 0 Å². The van der Waals surface area contributed by atoms with Gasteiger partial charge in [0, 0.05) is 17.4 Å². The molecule has 12 aromatic carbocycles. The van der Waals surface area contributed by atoms with E-state index in [4.69, 9.17) is 9.47 Å². The molecule has 0 saturated heterocycles. The SMILES string of the molecule is c1ccc(-c2cccc(N(c3ccc(-c4cccc5c4-c4ccccc4C5(c4ccccc4)c4ccccc4)cc3)c3ccc4c(c3)Oc3cc5c(cc3O4)-c3ccccc3C53c4ccccc4-c4ccccc43)c2)cc1. The Morgan fingerprint density at radius 2 is 0.688 bits per heavy atom. The van der Waals surface area contributed by atoms with Gasteiger partial charge in [-0.2, -0.15) is 0 Å². The standard InChI is InChI=1S/C74H47NO2/c1-4-20-48(21-5-1)50-22-18-27-54(44-50)75(53-40-38-49(39-41-53)56-32-19-37-66-72(56)60-31-13-17-36-65(60)73(66,51-23-6-2-7-24-51)52-25-8-3-9-26-52)55-42-43-68-69(45-55)77-71-47-67-61(46-70(71)76-68)59-30-12-16-35-64(59)74(67)62-33-14-10-28-57(62)58-29-11-15-34-63(58)74/h1-47H. The first-order valence-electron chi connectivity index (χ1n) is 26.6. The second-order valence-corrected chi connectivity index (χ2v) is 20.6. The van der Waals surface area contributed by atoms with Crippen LogP contribution >= 0.6 is 0 Å². The lowest BCUT2D eigenvalue weighted by Gasteiger charge is -2.34. The Balaban J connectivity index is 0.821. The van der Waals surface area contributed by atoms with Gasteiger partial charge < -0.3 is 14.4 Å². The minimum absolute atomic E-state index is 0.483. The van der Waals surface area contributed by atoms with Crippen molar-refractivity contribution in [2.45, 2.75) is 10.8 Å². The van der Waals surface area contributed by atoms with Gasteiger partial charge in [0.15, 0.2) is 23.0 Å². The Morgan fingerprint density at radius 1 is 0.234 bits per heavy atom. The van der Waals surface area contributed by atoms with E-state index in [0.29, 0.717) is 23.0 Å².